The highest BCUT2D eigenvalue weighted by atomic mass is 32.1. The summed E-state index contributed by atoms with van der Waals surface area (Å²) in [7, 11) is 2.03. The van der Waals surface area contributed by atoms with Gasteiger partial charge in [0.05, 0.1) is 12.8 Å². The van der Waals surface area contributed by atoms with Crippen LogP contribution in [-0.2, 0) is 4.79 Å². The summed E-state index contributed by atoms with van der Waals surface area (Å²) in [5.74, 6) is 5.62. The molecule has 0 spiro atoms. The minimum atomic E-state index is 0.228. The van der Waals surface area contributed by atoms with Crippen molar-refractivity contribution in [3.05, 3.63) is 121 Å². The zero-order chi connectivity index (χ0) is 38.1. The van der Waals surface area contributed by atoms with Crippen molar-refractivity contribution in [3.8, 4) is 56.5 Å². The molecule has 7 rings (SSSR count). The predicted octanol–water partition coefficient (Wildman–Crippen LogP) is 9.89. The van der Waals surface area contributed by atoms with Crippen molar-refractivity contribution in [2.45, 2.75) is 32.6 Å². The van der Waals surface area contributed by atoms with Crippen LogP contribution in [0.5, 0.6) is 34.5 Å². The molecule has 1 saturated heterocycles. The number of hydrogen-bond donors (Lipinski definition) is 0. The highest BCUT2D eigenvalue weighted by Gasteiger charge is 2.11. The number of oxazole rings is 1. The minimum Gasteiger partial charge on any atom is -0.494 e. The summed E-state index contributed by atoms with van der Waals surface area (Å²) in [4.78, 5) is 24.1. The molecule has 1 aliphatic heterocycles. The Morgan fingerprint density at radius 2 is 1.25 bits per heavy atom. The monoisotopic (exact) mass is 760 g/mol. The van der Waals surface area contributed by atoms with Gasteiger partial charge in [-0.25, -0.2) is 9.97 Å². The van der Waals surface area contributed by atoms with Gasteiger partial charge in [0.1, 0.15) is 58.2 Å². The van der Waals surface area contributed by atoms with Gasteiger partial charge < -0.3 is 28.3 Å². The van der Waals surface area contributed by atoms with E-state index >= 15 is 0 Å². The molecular formula is C44H48N4O6S. The van der Waals surface area contributed by atoms with E-state index in [9.17, 15) is 4.79 Å². The molecule has 0 saturated carbocycles. The van der Waals surface area contributed by atoms with Gasteiger partial charge in [-0.2, -0.15) is 0 Å². The SMILES string of the molecule is CC(=O)CCN(C)CCCOc1ccc(Oc2ccc(-c3nccs3)cc2)cc1.c1coc(-c2ccc(Oc3ccc(OCCN4CCCC4)cc3)cc2)n1. The van der Waals surface area contributed by atoms with Crippen LogP contribution in [0.15, 0.2) is 126 Å². The molecule has 0 unspecified atom stereocenters. The van der Waals surface area contributed by atoms with Crippen LogP contribution in [-0.4, -0.2) is 78.5 Å². The summed E-state index contributed by atoms with van der Waals surface area (Å²) in [5.41, 5.74) is 2.01. The lowest BCUT2D eigenvalue weighted by atomic mass is 10.2. The maximum Gasteiger partial charge on any atom is 0.225 e. The molecule has 0 bridgehead atoms. The lowest BCUT2D eigenvalue weighted by molar-refractivity contribution is -0.117. The Bertz CT molecular complexity index is 1960. The molecule has 0 radical (unpaired) electrons. The van der Waals surface area contributed by atoms with E-state index in [0.29, 0.717) is 18.9 Å². The van der Waals surface area contributed by atoms with Crippen LogP contribution in [0.3, 0.4) is 0 Å². The lowest BCUT2D eigenvalue weighted by Crippen LogP contribution is -2.25. The maximum absolute atomic E-state index is 11.0. The summed E-state index contributed by atoms with van der Waals surface area (Å²) in [6.45, 7) is 8.09. The number of benzene rings is 4. The molecule has 11 heteroatoms. The molecule has 6 aromatic rings. The van der Waals surface area contributed by atoms with Crippen LogP contribution < -0.4 is 18.9 Å². The Hall–Kier alpha value is -5.49. The molecule has 3 heterocycles. The van der Waals surface area contributed by atoms with E-state index in [1.54, 1.807) is 36.9 Å². The van der Waals surface area contributed by atoms with Crippen molar-refractivity contribution >= 4 is 17.1 Å². The van der Waals surface area contributed by atoms with Gasteiger partial charge in [-0.1, -0.05) is 0 Å². The molecule has 0 N–H and O–H groups in total. The fraction of sp³-hybridized carbons (Fsp3) is 0.295. The standard InChI is InChI=1S/C23H26N2O3S.C21H22N2O3/c1-18(26)12-15-25(2)14-3-16-27-20-8-10-22(11-9-20)28-21-6-4-19(5-7-21)23-24-13-17-29-23;1-2-13-23(12-1)14-16-24-18-7-9-20(10-8-18)26-19-5-3-17(4-6-19)21-22-11-15-25-21/h4-11,13,17H,3,12,14-16H2,1-2H3;3-11,15H,1-2,12-14,16H2. The van der Waals surface area contributed by atoms with Gasteiger partial charge in [-0.3, -0.25) is 9.69 Å². The van der Waals surface area contributed by atoms with Crippen LogP contribution >= 0.6 is 11.3 Å². The zero-order valence-electron chi connectivity index (χ0n) is 31.5. The van der Waals surface area contributed by atoms with Crippen molar-refractivity contribution in [1.29, 1.82) is 0 Å². The number of thiazole rings is 1. The first kappa shape index (κ1) is 39.2. The Labute approximate surface area is 327 Å². The smallest absolute Gasteiger partial charge is 0.225 e. The summed E-state index contributed by atoms with van der Waals surface area (Å²) < 4.78 is 28.7. The number of carbonyl (C=O) groups is 1. The Balaban J connectivity index is 0.000000188. The molecule has 2 aromatic heterocycles. The van der Waals surface area contributed by atoms with Crippen LogP contribution in [0.1, 0.15) is 32.6 Å². The number of carbonyl (C=O) groups excluding carboxylic acids is 1. The summed E-state index contributed by atoms with van der Waals surface area (Å²) in [6, 6.07) is 31.0. The third-order valence-corrected chi connectivity index (χ3v) is 9.68. The van der Waals surface area contributed by atoms with Crippen LogP contribution in [0.2, 0.25) is 0 Å². The highest BCUT2D eigenvalue weighted by molar-refractivity contribution is 7.13. The number of aromatic nitrogens is 2. The van der Waals surface area contributed by atoms with Gasteiger partial charge in [0.15, 0.2) is 0 Å². The van der Waals surface area contributed by atoms with E-state index in [-0.39, 0.29) is 5.78 Å². The van der Waals surface area contributed by atoms with Gasteiger partial charge >= 0.3 is 0 Å². The zero-order valence-corrected chi connectivity index (χ0v) is 32.3. The third-order valence-electron chi connectivity index (χ3n) is 8.86. The molecule has 0 aliphatic carbocycles. The molecule has 10 nitrogen and oxygen atoms in total. The second-order valence-corrected chi connectivity index (χ2v) is 14.1. The maximum atomic E-state index is 11.0. The average Bonchev–Trinajstić information content (AvgIpc) is 4.04. The summed E-state index contributed by atoms with van der Waals surface area (Å²) in [6.07, 6.45) is 9.14. The van der Waals surface area contributed by atoms with E-state index in [1.807, 2.05) is 109 Å². The lowest BCUT2D eigenvalue weighted by Gasteiger charge is -2.15. The highest BCUT2D eigenvalue weighted by Crippen LogP contribution is 2.29. The van der Waals surface area contributed by atoms with E-state index in [0.717, 1.165) is 83.3 Å². The fourth-order valence-electron chi connectivity index (χ4n) is 5.83. The number of ketones is 1. The first-order valence-electron chi connectivity index (χ1n) is 18.7. The van der Waals surface area contributed by atoms with E-state index in [2.05, 4.69) is 19.8 Å². The van der Waals surface area contributed by atoms with Gasteiger partial charge in [-0.15, -0.1) is 11.3 Å². The number of rotatable bonds is 18. The van der Waals surface area contributed by atoms with Crippen LogP contribution in [0.25, 0.3) is 22.0 Å². The first-order chi connectivity index (χ1) is 27.0. The fourth-order valence-corrected chi connectivity index (χ4v) is 6.47. The molecule has 0 atom stereocenters. The Morgan fingerprint density at radius 1 is 0.709 bits per heavy atom. The largest absolute Gasteiger partial charge is 0.494 e. The van der Waals surface area contributed by atoms with Crippen LogP contribution in [0, 0.1) is 0 Å². The molecule has 0 amide bonds. The van der Waals surface area contributed by atoms with Gasteiger partial charge in [0, 0.05) is 48.8 Å². The van der Waals surface area contributed by atoms with Gasteiger partial charge in [-0.05, 0) is 143 Å². The quantitative estimate of drug-likeness (QED) is 0.0788. The molecular weight excluding hydrogens is 713 g/mol. The number of ether oxygens (including phenoxy) is 4. The van der Waals surface area contributed by atoms with Gasteiger partial charge in [0.2, 0.25) is 5.89 Å². The predicted molar refractivity (Wildman–Crippen MR) is 217 cm³/mol. The minimum absolute atomic E-state index is 0.228. The topological polar surface area (TPSA) is 99.4 Å². The van der Waals surface area contributed by atoms with Crippen molar-refractivity contribution in [3.63, 3.8) is 0 Å². The van der Waals surface area contributed by atoms with E-state index in [1.165, 1.54) is 25.9 Å². The molecule has 1 fully saturated rings. The molecule has 1 aliphatic rings. The third kappa shape index (κ3) is 13.1. The van der Waals surface area contributed by atoms with Gasteiger partial charge in [0.25, 0.3) is 0 Å². The van der Waals surface area contributed by atoms with Crippen molar-refractivity contribution < 1.29 is 28.2 Å². The Kier molecular flexibility index (Phi) is 14.8. The molecule has 286 valence electrons. The van der Waals surface area contributed by atoms with Crippen molar-refractivity contribution in [2.24, 2.45) is 0 Å². The van der Waals surface area contributed by atoms with E-state index < -0.39 is 0 Å². The summed E-state index contributed by atoms with van der Waals surface area (Å²) >= 11 is 1.62. The number of hydrogen-bond acceptors (Lipinski definition) is 11. The second kappa shape index (κ2) is 20.8. The normalized spacial score (nSPS) is 12.6. The van der Waals surface area contributed by atoms with E-state index in [4.69, 9.17) is 23.4 Å². The number of nitrogens with zero attached hydrogens (tertiary/aromatic N) is 4. The molecule has 55 heavy (non-hydrogen) atoms. The molecule has 4 aromatic carbocycles. The first-order valence-corrected chi connectivity index (χ1v) is 19.6. The second-order valence-electron chi connectivity index (χ2n) is 13.2. The summed E-state index contributed by atoms with van der Waals surface area (Å²) in [5, 5.41) is 2.97. The van der Waals surface area contributed by atoms with Crippen LogP contribution in [0.4, 0.5) is 0 Å². The average molecular weight is 761 g/mol. The van der Waals surface area contributed by atoms with Crippen molar-refractivity contribution in [1.82, 2.24) is 19.8 Å². The van der Waals surface area contributed by atoms with Crippen molar-refractivity contribution in [2.75, 3.05) is 53.0 Å². The Morgan fingerprint density at radius 3 is 1.78 bits per heavy atom. The number of Topliss-reactive ketones (excluding diaryl/α,β-unsaturated/α-hetero) is 1. The number of likely N-dealkylation sites (tertiary alicyclic amines) is 1.